The monoisotopic (exact) mass is 687 g/mol. The number of aliphatic hydroxyl groups is 1. The van der Waals surface area contributed by atoms with E-state index in [0.29, 0.717) is 5.56 Å². The Hall–Kier alpha value is -5.24. The van der Waals surface area contributed by atoms with Crippen LogP contribution in [-0.4, -0.2) is 72.6 Å². The van der Waals surface area contributed by atoms with E-state index in [2.05, 4.69) is 48.9 Å². The quantitative estimate of drug-likeness (QED) is 0.160. The largest absolute Gasteiger partial charge is 0.416 e. The highest BCUT2D eigenvalue weighted by molar-refractivity contribution is 5.97. The van der Waals surface area contributed by atoms with E-state index in [9.17, 15) is 42.3 Å². The molecule has 3 aromatic carbocycles. The second kappa shape index (κ2) is 22.4. The van der Waals surface area contributed by atoms with Crippen molar-refractivity contribution in [3.63, 3.8) is 0 Å². The van der Waals surface area contributed by atoms with Crippen molar-refractivity contribution < 1.29 is 42.3 Å². The van der Waals surface area contributed by atoms with Crippen LogP contribution in [0.4, 0.5) is 13.2 Å². The minimum Gasteiger partial charge on any atom is -0.382 e. The summed E-state index contributed by atoms with van der Waals surface area (Å²) >= 11 is 0. The van der Waals surface area contributed by atoms with Crippen molar-refractivity contribution in [2.75, 3.05) is 19.6 Å². The summed E-state index contributed by atoms with van der Waals surface area (Å²) in [5.74, 6) is -4.06. The zero-order chi connectivity index (χ0) is 36.8. The highest BCUT2D eigenvalue weighted by Gasteiger charge is 2.44. The Bertz CT molecular complexity index is 1460. The number of carbonyl (C=O) groups excluding carboxylic acids is 5. The number of amides is 5. The molecule has 49 heavy (non-hydrogen) atoms. The number of benzene rings is 3. The molecule has 5 amide bonds. The number of primary amides is 1. The van der Waals surface area contributed by atoms with Gasteiger partial charge in [-0.3, -0.25) is 24.0 Å². The molecule has 0 saturated carbocycles. The van der Waals surface area contributed by atoms with Gasteiger partial charge in [0.05, 0.1) is 25.7 Å². The average molecular weight is 688 g/mol. The van der Waals surface area contributed by atoms with Crippen molar-refractivity contribution in [3.05, 3.63) is 96.1 Å². The van der Waals surface area contributed by atoms with Gasteiger partial charge in [-0.05, 0) is 36.6 Å². The second-order valence-corrected chi connectivity index (χ2v) is 10.7. The highest BCUT2D eigenvalue weighted by Crippen LogP contribution is 2.24. The number of rotatable bonds is 13. The summed E-state index contributed by atoms with van der Waals surface area (Å²) in [6.07, 6.45) is -7.86. The van der Waals surface area contributed by atoms with E-state index in [4.69, 9.17) is 5.73 Å². The number of hydrogen-bond donors (Lipinski definition) is 6. The average Bonchev–Trinajstić information content (AvgIpc) is 3.07. The Morgan fingerprint density at radius 2 is 1.16 bits per heavy atom. The molecule has 2 unspecified atom stereocenters. The van der Waals surface area contributed by atoms with Crippen molar-refractivity contribution >= 4 is 29.5 Å². The lowest BCUT2D eigenvalue weighted by molar-refractivity contribution is -0.212. The zero-order valence-electron chi connectivity index (χ0n) is 27.7. The Kier molecular flexibility index (Phi) is 19.1. The lowest BCUT2D eigenvalue weighted by Crippen LogP contribution is -2.52. The molecule has 266 valence electrons. The first-order valence-corrected chi connectivity index (χ1v) is 15.5. The van der Waals surface area contributed by atoms with Gasteiger partial charge in [0.25, 0.3) is 5.91 Å². The summed E-state index contributed by atoms with van der Waals surface area (Å²) in [5.41, 5.74) is 8.42. The van der Waals surface area contributed by atoms with Crippen molar-refractivity contribution in [1.82, 2.24) is 21.3 Å². The number of nitrogens with one attached hydrogen (secondary N) is 4. The van der Waals surface area contributed by atoms with E-state index in [1.807, 2.05) is 53.8 Å². The summed E-state index contributed by atoms with van der Waals surface area (Å²) in [7, 11) is 0. The number of hydrogen-bond acceptors (Lipinski definition) is 6. The van der Waals surface area contributed by atoms with Gasteiger partial charge in [-0.25, -0.2) is 0 Å². The summed E-state index contributed by atoms with van der Waals surface area (Å²) in [6, 6.07) is 24.6. The number of aryl methyl sites for hydroxylation is 1. The van der Waals surface area contributed by atoms with Gasteiger partial charge in [0.1, 0.15) is 0 Å². The number of halogens is 3. The van der Waals surface area contributed by atoms with Crippen LogP contribution in [0, 0.1) is 6.92 Å². The van der Waals surface area contributed by atoms with Crippen molar-refractivity contribution in [2.24, 2.45) is 5.73 Å². The molecular weight excluding hydrogens is 643 g/mol. The van der Waals surface area contributed by atoms with Crippen molar-refractivity contribution in [3.8, 4) is 11.1 Å². The first-order chi connectivity index (χ1) is 23.2. The molecule has 0 radical (unpaired) electrons. The van der Waals surface area contributed by atoms with Gasteiger partial charge in [0.15, 0.2) is 6.10 Å². The molecular formula is C35H44F3N5O6. The van der Waals surface area contributed by atoms with Crippen LogP contribution in [-0.2, 0) is 19.2 Å². The first-order valence-electron chi connectivity index (χ1n) is 15.5. The molecule has 7 N–H and O–H groups in total. The van der Waals surface area contributed by atoms with Crippen molar-refractivity contribution in [1.29, 1.82) is 0 Å². The Labute approximate surface area is 283 Å². The molecule has 2 atom stereocenters. The van der Waals surface area contributed by atoms with E-state index in [0.717, 1.165) is 11.1 Å². The molecule has 0 heterocycles. The van der Waals surface area contributed by atoms with Gasteiger partial charge in [-0.1, -0.05) is 98.6 Å². The number of aliphatic hydroxyl groups excluding tert-OH is 1. The molecule has 0 bridgehead atoms. The van der Waals surface area contributed by atoms with Crippen LogP contribution in [0.2, 0.25) is 0 Å². The lowest BCUT2D eigenvalue weighted by atomic mass is 10.0. The van der Waals surface area contributed by atoms with E-state index in [1.165, 1.54) is 12.0 Å². The van der Waals surface area contributed by atoms with Crippen LogP contribution < -0.4 is 27.0 Å². The summed E-state index contributed by atoms with van der Waals surface area (Å²) in [6.45, 7) is 4.55. The molecule has 11 nitrogen and oxygen atoms in total. The van der Waals surface area contributed by atoms with Crippen LogP contribution in [0.15, 0.2) is 84.9 Å². The molecule has 3 rings (SSSR count). The highest BCUT2D eigenvalue weighted by atomic mass is 19.4. The maximum absolute atomic E-state index is 12.8. The molecule has 0 spiro atoms. The van der Waals surface area contributed by atoms with Crippen LogP contribution in [0.25, 0.3) is 11.1 Å². The Morgan fingerprint density at radius 3 is 1.61 bits per heavy atom. The third-order valence-electron chi connectivity index (χ3n) is 6.26. The maximum Gasteiger partial charge on any atom is 0.416 e. The number of carbonyl (C=O) groups is 5. The van der Waals surface area contributed by atoms with Crippen LogP contribution in [0.1, 0.15) is 49.0 Å². The van der Waals surface area contributed by atoms with E-state index >= 15 is 0 Å². The topological polar surface area (TPSA) is 180 Å². The molecule has 0 fully saturated rings. The molecule has 0 saturated heterocycles. The van der Waals surface area contributed by atoms with Gasteiger partial charge in [0, 0.05) is 12.0 Å². The Morgan fingerprint density at radius 1 is 0.714 bits per heavy atom. The smallest absolute Gasteiger partial charge is 0.382 e. The minimum absolute atomic E-state index is 0.316. The molecule has 0 aliphatic rings. The van der Waals surface area contributed by atoms with Crippen LogP contribution >= 0.6 is 0 Å². The lowest BCUT2D eigenvalue weighted by Gasteiger charge is -2.25. The van der Waals surface area contributed by atoms with Crippen LogP contribution in [0.3, 0.4) is 0 Å². The zero-order valence-corrected chi connectivity index (χ0v) is 27.7. The van der Waals surface area contributed by atoms with Crippen LogP contribution in [0.5, 0.6) is 0 Å². The van der Waals surface area contributed by atoms with Gasteiger partial charge in [-0.15, -0.1) is 0 Å². The number of alkyl halides is 3. The third-order valence-corrected chi connectivity index (χ3v) is 6.26. The van der Waals surface area contributed by atoms with E-state index in [-0.39, 0.29) is 0 Å². The molecule has 0 aliphatic carbocycles. The Balaban J connectivity index is 0.00000103. The van der Waals surface area contributed by atoms with E-state index < -0.39 is 80.3 Å². The minimum atomic E-state index is -5.07. The molecule has 0 aliphatic heterocycles. The van der Waals surface area contributed by atoms with Crippen molar-refractivity contribution in [2.45, 2.75) is 58.4 Å². The van der Waals surface area contributed by atoms with Gasteiger partial charge < -0.3 is 32.1 Å². The number of nitrogens with two attached hydrogens (primary N) is 1. The van der Waals surface area contributed by atoms with Gasteiger partial charge in [0.2, 0.25) is 23.6 Å². The predicted molar refractivity (Wildman–Crippen MR) is 180 cm³/mol. The summed E-state index contributed by atoms with van der Waals surface area (Å²) in [5, 5.41) is 18.0. The molecule has 3 aromatic rings. The van der Waals surface area contributed by atoms with E-state index in [1.54, 1.807) is 24.3 Å². The molecule has 14 heteroatoms. The summed E-state index contributed by atoms with van der Waals surface area (Å²) < 4.78 is 38.4. The second-order valence-electron chi connectivity index (χ2n) is 10.7. The standard InChI is InChI=1S/C25H28F3N5O6.C7H8.C3H8/c26-25(27,28)23(38)18(10-11-19(29)34)33-22(37)14-31-20(35)12-30-21(36)13-32-24(39)17-8-6-16(7-9-17)15-4-2-1-3-5-15;1-7-5-3-2-4-6-7;1-3-2/h1-9,18,23,38H,10-14H2,(H2,29,34)(H,30,36)(H,31,35)(H,32,39)(H,33,37);2-6H,1H3;3H2,1-2H3. The fourth-order valence-corrected chi connectivity index (χ4v) is 3.82. The first kappa shape index (κ1) is 41.8. The maximum atomic E-state index is 12.8. The SMILES string of the molecule is CCC.Cc1ccccc1.NC(=O)CCC(NC(=O)CNC(=O)CNC(=O)CNC(=O)c1ccc(-c2ccccc2)cc1)C(O)C(F)(F)F. The normalized spacial score (nSPS) is 11.6. The fraction of sp³-hybridized carbons (Fsp3) is 0.343. The van der Waals surface area contributed by atoms with Gasteiger partial charge >= 0.3 is 6.18 Å². The third kappa shape index (κ3) is 18.0. The fourth-order valence-electron chi connectivity index (χ4n) is 3.82. The predicted octanol–water partition coefficient (Wildman–Crippen LogP) is 3.40. The summed E-state index contributed by atoms with van der Waals surface area (Å²) in [4.78, 5) is 58.9. The molecule has 0 aromatic heterocycles. The van der Waals surface area contributed by atoms with Gasteiger partial charge in [-0.2, -0.15) is 13.2 Å².